The molecule has 0 saturated carbocycles. The van der Waals surface area contributed by atoms with Crippen molar-refractivity contribution in [3.8, 4) is 0 Å². The average Bonchev–Trinajstić information content (AvgIpc) is 2.74. The maximum atomic E-state index is 11.7. The van der Waals surface area contributed by atoms with E-state index in [0.717, 1.165) is 11.1 Å². The zero-order valence-corrected chi connectivity index (χ0v) is 7.77. The molecule has 0 aromatic heterocycles. The molecule has 0 aliphatic carbocycles. The molecular weight excluding hydrogens is 180 g/mol. The van der Waals surface area contributed by atoms with Gasteiger partial charge in [0.15, 0.2) is 5.78 Å². The van der Waals surface area contributed by atoms with Crippen LogP contribution in [0.3, 0.4) is 0 Å². The lowest BCUT2D eigenvalue weighted by molar-refractivity contribution is -0.128. The second-order valence-electron chi connectivity index (χ2n) is 3.62. The number of fused-ring (bicyclic) bond motifs is 5. The van der Waals surface area contributed by atoms with Gasteiger partial charge in [0.05, 0.1) is 0 Å². The molecule has 3 rings (SSSR count). The second-order valence-corrected chi connectivity index (χ2v) is 3.62. The molecule has 1 aromatic rings. The SMILES string of the molecule is CO[C@H]1C(=O)[C@@H]2O[C@H]1c1ccccc12. The predicted octanol–water partition coefficient (Wildman–Crippen LogP) is 1.40. The van der Waals surface area contributed by atoms with Crippen molar-refractivity contribution in [3.63, 3.8) is 0 Å². The van der Waals surface area contributed by atoms with Crippen LogP contribution in [0, 0.1) is 0 Å². The van der Waals surface area contributed by atoms with Gasteiger partial charge in [0.25, 0.3) is 0 Å². The summed E-state index contributed by atoms with van der Waals surface area (Å²) in [6.45, 7) is 0. The number of methoxy groups -OCH3 is 1. The number of carbonyl (C=O) groups is 1. The summed E-state index contributed by atoms with van der Waals surface area (Å²) in [5.41, 5.74) is 2.11. The monoisotopic (exact) mass is 190 g/mol. The van der Waals surface area contributed by atoms with E-state index in [1.165, 1.54) is 0 Å². The molecule has 1 fully saturated rings. The van der Waals surface area contributed by atoms with E-state index in [2.05, 4.69) is 0 Å². The lowest BCUT2D eigenvalue weighted by atomic mass is 9.89. The first-order chi connectivity index (χ1) is 6.83. The van der Waals surface area contributed by atoms with Gasteiger partial charge in [0, 0.05) is 7.11 Å². The average molecular weight is 190 g/mol. The summed E-state index contributed by atoms with van der Waals surface area (Å²) in [7, 11) is 1.55. The van der Waals surface area contributed by atoms with E-state index >= 15 is 0 Å². The Bertz CT molecular complexity index is 399. The van der Waals surface area contributed by atoms with Gasteiger partial charge < -0.3 is 9.47 Å². The minimum Gasteiger partial charge on any atom is -0.370 e. The standard InChI is InChI=1S/C11H10O3/c1-13-11-8(12)9-6-4-2-3-5-7(6)10(11)14-9/h2-5,9-11H,1H3/t9-,10+,11+/m1/s1. The molecule has 0 unspecified atom stereocenters. The van der Waals surface area contributed by atoms with E-state index in [-0.39, 0.29) is 18.0 Å². The third kappa shape index (κ3) is 0.811. The van der Waals surface area contributed by atoms with Crippen molar-refractivity contribution in [3.05, 3.63) is 35.4 Å². The van der Waals surface area contributed by atoms with Gasteiger partial charge in [-0.3, -0.25) is 4.79 Å². The normalized spacial score (nSPS) is 33.5. The van der Waals surface area contributed by atoms with E-state index in [0.29, 0.717) is 0 Å². The molecule has 0 radical (unpaired) electrons. The van der Waals surface area contributed by atoms with Crippen molar-refractivity contribution in [2.45, 2.75) is 18.3 Å². The number of carbonyl (C=O) groups excluding carboxylic acids is 1. The molecule has 2 aliphatic heterocycles. The Kier molecular flexibility index (Phi) is 1.54. The summed E-state index contributed by atoms with van der Waals surface area (Å²) in [6, 6.07) is 7.83. The maximum Gasteiger partial charge on any atom is 0.197 e. The van der Waals surface area contributed by atoms with Crippen LogP contribution in [0.15, 0.2) is 24.3 Å². The maximum absolute atomic E-state index is 11.7. The summed E-state index contributed by atoms with van der Waals surface area (Å²) in [4.78, 5) is 11.7. The second kappa shape index (κ2) is 2.65. The smallest absolute Gasteiger partial charge is 0.197 e. The van der Waals surface area contributed by atoms with Gasteiger partial charge in [-0.25, -0.2) is 0 Å². The van der Waals surface area contributed by atoms with Gasteiger partial charge in [0.1, 0.15) is 18.3 Å². The molecule has 3 nitrogen and oxygen atoms in total. The molecule has 72 valence electrons. The van der Waals surface area contributed by atoms with Gasteiger partial charge in [-0.1, -0.05) is 24.3 Å². The minimum atomic E-state index is -0.408. The van der Waals surface area contributed by atoms with Crippen LogP contribution in [-0.4, -0.2) is 19.0 Å². The van der Waals surface area contributed by atoms with Crippen LogP contribution in [0.1, 0.15) is 23.3 Å². The Morgan fingerprint density at radius 2 is 2.00 bits per heavy atom. The van der Waals surface area contributed by atoms with Crippen LogP contribution < -0.4 is 0 Å². The molecule has 14 heavy (non-hydrogen) atoms. The molecule has 1 aromatic carbocycles. The third-order valence-electron chi connectivity index (χ3n) is 2.94. The van der Waals surface area contributed by atoms with Crippen molar-refractivity contribution < 1.29 is 14.3 Å². The molecule has 2 heterocycles. The summed E-state index contributed by atoms with van der Waals surface area (Å²) in [6.07, 6.45) is -0.982. The highest BCUT2D eigenvalue weighted by molar-refractivity contribution is 5.93. The van der Waals surface area contributed by atoms with Crippen molar-refractivity contribution in [1.29, 1.82) is 0 Å². The summed E-state index contributed by atoms with van der Waals surface area (Å²) in [5, 5.41) is 0. The summed E-state index contributed by atoms with van der Waals surface area (Å²) in [5.74, 6) is 0.0520. The van der Waals surface area contributed by atoms with Gasteiger partial charge in [-0.15, -0.1) is 0 Å². The van der Waals surface area contributed by atoms with Crippen molar-refractivity contribution >= 4 is 5.78 Å². The van der Waals surface area contributed by atoms with Crippen LogP contribution >= 0.6 is 0 Å². The fourth-order valence-electron chi connectivity index (χ4n) is 2.29. The number of rotatable bonds is 1. The van der Waals surface area contributed by atoms with Crippen LogP contribution in [0.25, 0.3) is 0 Å². The molecule has 3 heteroatoms. The predicted molar refractivity (Wildman–Crippen MR) is 48.8 cm³/mol. The molecule has 0 spiro atoms. The molecule has 0 amide bonds. The Hall–Kier alpha value is -1.19. The molecule has 2 aliphatic rings. The van der Waals surface area contributed by atoms with Crippen LogP contribution in [-0.2, 0) is 14.3 Å². The van der Waals surface area contributed by atoms with Gasteiger partial charge in [0.2, 0.25) is 0 Å². The number of hydrogen-bond acceptors (Lipinski definition) is 3. The first-order valence-corrected chi connectivity index (χ1v) is 4.63. The Morgan fingerprint density at radius 3 is 2.71 bits per heavy atom. The number of ketones is 1. The van der Waals surface area contributed by atoms with Crippen LogP contribution in [0.2, 0.25) is 0 Å². The van der Waals surface area contributed by atoms with E-state index in [1.807, 2.05) is 24.3 Å². The number of Topliss-reactive ketones (excluding diaryl/α,β-unsaturated/α-hetero) is 1. The minimum absolute atomic E-state index is 0.0520. The highest BCUT2D eigenvalue weighted by Gasteiger charge is 2.51. The molecule has 2 bridgehead atoms. The number of benzene rings is 1. The molecular formula is C11H10O3. The zero-order chi connectivity index (χ0) is 9.71. The molecule has 1 saturated heterocycles. The Morgan fingerprint density at radius 1 is 1.29 bits per heavy atom. The fourth-order valence-corrected chi connectivity index (χ4v) is 2.29. The van der Waals surface area contributed by atoms with E-state index in [9.17, 15) is 4.79 Å². The number of hydrogen-bond donors (Lipinski definition) is 0. The Labute approximate surface area is 81.6 Å². The first-order valence-electron chi connectivity index (χ1n) is 4.63. The van der Waals surface area contributed by atoms with Gasteiger partial charge >= 0.3 is 0 Å². The number of ether oxygens (including phenoxy) is 2. The lowest BCUT2D eigenvalue weighted by Gasteiger charge is -2.18. The largest absolute Gasteiger partial charge is 0.370 e. The summed E-state index contributed by atoms with van der Waals surface area (Å²) >= 11 is 0. The topological polar surface area (TPSA) is 35.5 Å². The highest BCUT2D eigenvalue weighted by Crippen LogP contribution is 2.49. The van der Waals surface area contributed by atoms with Gasteiger partial charge in [-0.05, 0) is 11.1 Å². The summed E-state index contributed by atoms with van der Waals surface area (Å²) < 4.78 is 10.7. The fraction of sp³-hybridized carbons (Fsp3) is 0.364. The highest BCUT2D eigenvalue weighted by atomic mass is 16.6. The first kappa shape index (κ1) is 8.15. The van der Waals surface area contributed by atoms with Crippen LogP contribution in [0.5, 0.6) is 0 Å². The van der Waals surface area contributed by atoms with E-state index in [4.69, 9.17) is 9.47 Å². The zero-order valence-electron chi connectivity index (χ0n) is 7.77. The van der Waals surface area contributed by atoms with Crippen LogP contribution in [0.4, 0.5) is 0 Å². The van der Waals surface area contributed by atoms with E-state index < -0.39 is 6.10 Å². The quantitative estimate of drug-likeness (QED) is 0.671. The van der Waals surface area contributed by atoms with Crippen molar-refractivity contribution in [1.82, 2.24) is 0 Å². The van der Waals surface area contributed by atoms with Crippen molar-refractivity contribution in [2.24, 2.45) is 0 Å². The lowest BCUT2D eigenvalue weighted by Crippen LogP contribution is -2.28. The van der Waals surface area contributed by atoms with Crippen molar-refractivity contribution in [2.75, 3.05) is 7.11 Å². The molecule has 0 N–H and O–H groups in total. The molecule has 3 atom stereocenters. The Balaban J connectivity index is 2.14. The third-order valence-corrected chi connectivity index (χ3v) is 2.94. The van der Waals surface area contributed by atoms with E-state index in [1.54, 1.807) is 7.11 Å². The van der Waals surface area contributed by atoms with Gasteiger partial charge in [-0.2, -0.15) is 0 Å².